The van der Waals surface area contributed by atoms with Gasteiger partial charge in [-0.05, 0) is 43.9 Å². The first-order valence-electron chi connectivity index (χ1n) is 8.29. The topological polar surface area (TPSA) is 58.1 Å². The largest absolute Gasteiger partial charge is 0.337 e. The molecule has 1 aromatic heterocycles. The molecule has 5 nitrogen and oxygen atoms in total. The van der Waals surface area contributed by atoms with Gasteiger partial charge < -0.3 is 10.2 Å². The number of nitrogens with zero attached hydrogens (tertiary/aromatic N) is 3. The molecule has 1 aromatic carbocycles. The van der Waals surface area contributed by atoms with E-state index < -0.39 is 11.6 Å². The van der Waals surface area contributed by atoms with Crippen LogP contribution in [0.15, 0.2) is 24.3 Å². The number of carbonyl (C=O) groups excluding carboxylic acids is 1. The lowest BCUT2D eigenvalue weighted by molar-refractivity contribution is 0.0677. The van der Waals surface area contributed by atoms with Crippen LogP contribution in [0.4, 0.5) is 20.4 Å². The van der Waals surface area contributed by atoms with Crippen LogP contribution < -0.4 is 5.32 Å². The van der Waals surface area contributed by atoms with Crippen LogP contribution in [0.5, 0.6) is 0 Å². The van der Waals surface area contributed by atoms with Crippen molar-refractivity contribution < 1.29 is 13.6 Å². The maximum Gasteiger partial charge on any atom is 0.272 e. The predicted molar refractivity (Wildman–Crippen MR) is 90.7 cm³/mol. The summed E-state index contributed by atoms with van der Waals surface area (Å²) in [5, 5.41) is 2.71. The summed E-state index contributed by atoms with van der Waals surface area (Å²) < 4.78 is 26.8. The van der Waals surface area contributed by atoms with Crippen molar-refractivity contribution in [1.82, 2.24) is 14.9 Å². The van der Waals surface area contributed by atoms with E-state index in [4.69, 9.17) is 0 Å². The lowest BCUT2D eigenvalue weighted by Gasteiger charge is -2.30. The molecule has 1 unspecified atom stereocenters. The van der Waals surface area contributed by atoms with Crippen LogP contribution in [0.2, 0.25) is 0 Å². The maximum absolute atomic E-state index is 13.8. The average Bonchev–Trinajstić information content (AvgIpc) is 2.56. The Balaban J connectivity index is 1.83. The number of halogens is 2. The monoisotopic (exact) mass is 346 g/mol. The van der Waals surface area contributed by atoms with Gasteiger partial charge in [0.15, 0.2) is 0 Å². The number of likely N-dealkylation sites (tertiary alicyclic amines) is 1. The summed E-state index contributed by atoms with van der Waals surface area (Å²) in [5.41, 5.74) is 0.914. The second-order valence-electron chi connectivity index (χ2n) is 6.47. The van der Waals surface area contributed by atoms with E-state index in [1.165, 1.54) is 6.07 Å². The van der Waals surface area contributed by atoms with Crippen LogP contribution >= 0.6 is 0 Å². The first-order valence-corrected chi connectivity index (χ1v) is 8.29. The molecule has 0 bridgehead atoms. The number of hydrogen-bond donors (Lipinski definition) is 1. The molecule has 1 aliphatic rings. The Bertz CT molecular complexity index is 797. The fraction of sp³-hybridized carbons (Fsp3) is 0.389. The van der Waals surface area contributed by atoms with Gasteiger partial charge in [0.2, 0.25) is 5.95 Å². The van der Waals surface area contributed by atoms with Gasteiger partial charge in [0, 0.05) is 24.8 Å². The minimum atomic E-state index is -0.747. The minimum absolute atomic E-state index is 0.0528. The molecule has 7 heteroatoms. The summed E-state index contributed by atoms with van der Waals surface area (Å²) in [6, 6.07) is 4.81. The lowest BCUT2D eigenvalue weighted by Crippen LogP contribution is -2.39. The normalized spacial score (nSPS) is 17.4. The van der Waals surface area contributed by atoms with Gasteiger partial charge in [-0.1, -0.05) is 6.92 Å². The Kier molecular flexibility index (Phi) is 4.92. The first-order chi connectivity index (χ1) is 11.9. The molecule has 1 fully saturated rings. The van der Waals surface area contributed by atoms with E-state index in [0.29, 0.717) is 24.7 Å². The molecule has 1 saturated heterocycles. The van der Waals surface area contributed by atoms with Crippen molar-refractivity contribution in [1.29, 1.82) is 0 Å². The van der Waals surface area contributed by atoms with E-state index in [2.05, 4.69) is 22.2 Å². The molecule has 0 spiro atoms. The van der Waals surface area contributed by atoms with E-state index in [1.54, 1.807) is 17.9 Å². The molecule has 25 heavy (non-hydrogen) atoms. The van der Waals surface area contributed by atoms with E-state index in [-0.39, 0.29) is 23.2 Å². The fourth-order valence-corrected chi connectivity index (χ4v) is 2.98. The van der Waals surface area contributed by atoms with Crippen molar-refractivity contribution in [3.8, 4) is 0 Å². The van der Waals surface area contributed by atoms with Gasteiger partial charge in [0.25, 0.3) is 5.91 Å². The first kappa shape index (κ1) is 17.3. The molecule has 1 amide bonds. The lowest BCUT2D eigenvalue weighted by atomic mass is 10.00. The average molecular weight is 346 g/mol. The number of nitrogens with one attached hydrogen (secondary N) is 1. The van der Waals surface area contributed by atoms with Gasteiger partial charge in [-0.2, -0.15) is 0 Å². The number of aromatic nitrogens is 2. The standard InChI is InChI=1S/C18H20F2N4O/c1-11-4-3-7-24(10-11)17(25)16-8-12(2)21-18(23-16)22-15-6-5-13(19)9-14(15)20/h5-6,8-9,11H,3-4,7,10H2,1-2H3,(H,21,22,23). The van der Waals surface area contributed by atoms with Crippen LogP contribution in [0.3, 0.4) is 0 Å². The third-order valence-electron chi connectivity index (χ3n) is 4.20. The van der Waals surface area contributed by atoms with Crippen LogP contribution in [0, 0.1) is 24.5 Å². The highest BCUT2D eigenvalue weighted by atomic mass is 19.1. The van der Waals surface area contributed by atoms with Crippen molar-refractivity contribution in [2.24, 2.45) is 5.92 Å². The van der Waals surface area contributed by atoms with Crippen molar-refractivity contribution in [3.05, 3.63) is 47.3 Å². The SMILES string of the molecule is Cc1cc(C(=O)N2CCCC(C)C2)nc(Nc2ccc(F)cc2F)n1. The third kappa shape index (κ3) is 4.10. The highest BCUT2D eigenvalue weighted by molar-refractivity contribution is 5.92. The number of anilines is 2. The molecule has 1 aliphatic heterocycles. The Morgan fingerprint density at radius 2 is 2.08 bits per heavy atom. The van der Waals surface area contributed by atoms with Crippen molar-refractivity contribution >= 4 is 17.5 Å². The van der Waals surface area contributed by atoms with Crippen molar-refractivity contribution in [2.45, 2.75) is 26.7 Å². The Morgan fingerprint density at radius 1 is 1.28 bits per heavy atom. The van der Waals surface area contributed by atoms with E-state index in [0.717, 1.165) is 25.0 Å². The summed E-state index contributed by atoms with van der Waals surface area (Å²) >= 11 is 0. The number of benzene rings is 1. The van der Waals surface area contributed by atoms with Gasteiger partial charge in [0.05, 0.1) is 5.69 Å². The van der Waals surface area contributed by atoms with Gasteiger partial charge in [-0.25, -0.2) is 18.7 Å². The van der Waals surface area contributed by atoms with Gasteiger partial charge in [0.1, 0.15) is 17.3 Å². The number of carbonyl (C=O) groups is 1. The van der Waals surface area contributed by atoms with E-state index in [1.807, 2.05) is 0 Å². The Morgan fingerprint density at radius 3 is 2.80 bits per heavy atom. The molecule has 2 aromatic rings. The fourth-order valence-electron chi connectivity index (χ4n) is 2.98. The summed E-state index contributed by atoms with van der Waals surface area (Å²) in [4.78, 5) is 22.9. The molecule has 3 rings (SSSR count). The van der Waals surface area contributed by atoms with Crippen LogP contribution in [-0.4, -0.2) is 33.9 Å². The maximum atomic E-state index is 13.8. The minimum Gasteiger partial charge on any atom is -0.337 e. The quantitative estimate of drug-likeness (QED) is 0.921. The zero-order valence-electron chi connectivity index (χ0n) is 14.2. The summed E-state index contributed by atoms with van der Waals surface area (Å²) in [7, 11) is 0. The number of amides is 1. The smallest absolute Gasteiger partial charge is 0.272 e. The van der Waals surface area contributed by atoms with E-state index >= 15 is 0 Å². The zero-order valence-corrected chi connectivity index (χ0v) is 14.2. The molecule has 0 aliphatic carbocycles. The Hall–Kier alpha value is -2.57. The second kappa shape index (κ2) is 7.13. The molecule has 0 radical (unpaired) electrons. The van der Waals surface area contributed by atoms with Gasteiger partial charge >= 0.3 is 0 Å². The Labute approximate surface area is 145 Å². The summed E-state index contributed by atoms with van der Waals surface area (Å²) in [6.07, 6.45) is 2.09. The molecular formula is C18H20F2N4O. The summed E-state index contributed by atoms with van der Waals surface area (Å²) in [5.74, 6) is -0.990. The van der Waals surface area contributed by atoms with Crippen molar-refractivity contribution in [2.75, 3.05) is 18.4 Å². The number of piperidine rings is 1. The molecule has 1 atom stereocenters. The number of aryl methyl sites for hydroxylation is 1. The third-order valence-corrected chi connectivity index (χ3v) is 4.20. The van der Waals surface area contributed by atoms with Gasteiger partial charge in [-0.15, -0.1) is 0 Å². The van der Waals surface area contributed by atoms with Crippen LogP contribution in [0.1, 0.15) is 35.9 Å². The molecule has 1 N–H and O–H groups in total. The van der Waals surface area contributed by atoms with Crippen LogP contribution in [-0.2, 0) is 0 Å². The molecule has 2 heterocycles. The number of hydrogen-bond acceptors (Lipinski definition) is 4. The molecular weight excluding hydrogens is 326 g/mol. The zero-order chi connectivity index (χ0) is 18.0. The van der Waals surface area contributed by atoms with Crippen LogP contribution in [0.25, 0.3) is 0 Å². The number of rotatable bonds is 3. The summed E-state index contributed by atoms with van der Waals surface area (Å²) in [6.45, 7) is 5.28. The molecule has 132 valence electrons. The second-order valence-corrected chi connectivity index (χ2v) is 6.47. The van der Waals surface area contributed by atoms with Gasteiger partial charge in [-0.3, -0.25) is 4.79 Å². The van der Waals surface area contributed by atoms with Crippen molar-refractivity contribution in [3.63, 3.8) is 0 Å². The molecule has 0 saturated carbocycles. The van der Waals surface area contributed by atoms with E-state index in [9.17, 15) is 13.6 Å². The highest BCUT2D eigenvalue weighted by Gasteiger charge is 2.23. The predicted octanol–water partition coefficient (Wildman–Crippen LogP) is 3.68. The highest BCUT2D eigenvalue weighted by Crippen LogP contribution is 2.21.